The van der Waals surface area contributed by atoms with Crippen LogP contribution in [-0.2, 0) is 16.6 Å². The molecule has 0 saturated heterocycles. The van der Waals surface area contributed by atoms with Crippen molar-refractivity contribution in [1.29, 1.82) is 0 Å². The number of aliphatic hydroxyl groups is 1. The summed E-state index contributed by atoms with van der Waals surface area (Å²) in [7, 11) is -3.95. The second-order valence-corrected chi connectivity index (χ2v) is 9.42. The van der Waals surface area contributed by atoms with E-state index in [0.29, 0.717) is 17.9 Å². The van der Waals surface area contributed by atoms with Crippen LogP contribution in [0.3, 0.4) is 0 Å². The van der Waals surface area contributed by atoms with Crippen LogP contribution in [0.4, 0.5) is 5.69 Å². The minimum atomic E-state index is -3.95. The maximum Gasteiger partial charge on any atom is 0.268 e. The maximum atomic E-state index is 13.7. The number of nitrogens with zero attached hydrogens (tertiary/aromatic N) is 3. The summed E-state index contributed by atoms with van der Waals surface area (Å²) < 4.78 is 30.2. The zero-order valence-electron chi connectivity index (χ0n) is 16.1. The number of hydrogen-bond donors (Lipinski definition) is 1. The lowest BCUT2D eigenvalue weighted by Crippen LogP contribution is -2.33. The van der Waals surface area contributed by atoms with Crippen LogP contribution >= 0.6 is 11.3 Å². The molecule has 0 saturated carbocycles. The Morgan fingerprint density at radius 1 is 0.967 bits per heavy atom. The Morgan fingerprint density at radius 3 is 2.30 bits per heavy atom. The highest BCUT2D eigenvalue weighted by Gasteiger charge is 2.30. The molecule has 0 fully saturated rings. The van der Waals surface area contributed by atoms with Gasteiger partial charge in [0, 0.05) is 6.20 Å². The molecule has 0 aliphatic carbocycles. The number of rotatable bonds is 8. The highest BCUT2D eigenvalue weighted by Crippen LogP contribution is 2.33. The molecule has 1 N–H and O–H groups in total. The first kappa shape index (κ1) is 20.3. The average Bonchev–Trinajstić information content (AvgIpc) is 3.43. The zero-order valence-corrected chi connectivity index (χ0v) is 17.8. The first-order chi connectivity index (χ1) is 14.6. The van der Waals surface area contributed by atoms with Gasteiger partial charge in [0.1, 0.15) is 10.6 Å². The molecule has 6 nitrogen and oxygen atoms in total. The van der Waals surface area contributed by atoms with Crippen LogP contribution in [0.2, 0.25) is 0 Å². The fraction of sp³-hybridized carbons (Fsp3) is 0.136. The van der Waals surface area contributed by atoms with Crippen LogP contribution in [-0.4, -0.2) is 36.5 Å². The molecule has 4 aromatic rings. The van der Waals surface area contributed by atoms with Gasteiger partial charge in [-0.05, 0) is 29.1 Å². The monoisotopic (exact) mass is 439 g/mol. The van der Waals surface area contributed by atoms with E-state index in [1.807, 2.05) is 53.9 Å². The van der Waals surface area contributed by atoms with Gasteiger partial charge in [-0.25, -0.2) is 8.42 Å². The minimum absolute atomic E-state index is 0.0416. The molecule has 0 aliphatic rings. The molecular formula is C22H21N3O3S2. The quantitative estimate of drug-likeness (QED) is 0.453. The predicted octanol–water partition coefficient (Wildman–Crippen LogP) is 3.85. The smallest absolute Gasteiger partial charge is 0.268 e. The second-order valence-electron chi connectivity index (χ2n) is 6.64. The first-order valence-electron chi connectivity index (χ1n) is 9.43. The van der Waals surface area contributed by atoms with E-state index in [0.717, 1.165) is 10.4 Å². The van der Waals surface area contributed by atoms with Crippen molar-refractivity contribution in [2.24, 2.45) is 0 Å². The van der Waals surface area contributed by atoms with Gasteiger partial charge in [-0.3, -0.25) is 8.99 Å². The van der Waals surface area contributed by atoms with Crippen LogP contribution in [0.5, 0.6) is 0 Å². The van der Waals surface area contributed by atoms with Crippen LogP contribution in [0.15, 0.2) is 89.3 Å². The summed E-state index contributed by atoms with van der Waals surface area (Å²) in [4.78, 5) is 0.899. The lowest BCUT2D eigenvalue weighted by Gasteiger charge is -2.23. The van der Waals surface area contributed by atoms with Gasteiger partial charge in [0.2, 0.25) is 0 Å². The summed E-state index contributed by atoms with van der Waals surface area (Å²) >= 11 is 1.44. The number of thiophene rings is 1. The van der Waals surface area contributed by atoms with Gasteiger partial charge in [-0.2, -0.15) is 5.10 Å². The van der Waals surface area contributed by atoms with Crippen LogP contribution in [0.25, 0.3) is 10.6 Å². The SMILES string of the molecule is O=S(=O)(c1cn(Cc2ccccc2)nc1-c1cccs1)N(CCO)c1ccccc1. The highest BCUT2D eigenvalue weighted by molar-refractivity contribution is 7.93. The molecule has 0 atom stereocenters. The van der Waals surface area contributed by atoms with Gasteiger partial charge in [-0.15, -0.1) is 11.3 Å². The van der Waals surface area contributed by atoms with E-state index in [-0.39, 0.29) is 18.0 Å². The lowest BCUT2D eigenvalue weighted by molar-refractivity contribution is 0.306. The number of aliphatic hydroxyl groups excluding tert-OH is 1. The number of anilines is 1. The van der Waals surface area contributed by atoms with Crippen molar-refractivity contribution < 1.29 is 13.5 Å². The highest BCUT2D eigenvalue weighted by atomic mass is 32.2. The van der Waals surface area contributed by atoms with Crippen LogP contribution in [0, 0.1) is 0 Å². The number of aromatic nitrogens is 2. The number of para-hydroxylation sites is 1. The normalized spacial score (nSPS) is 11.5. The van der Waals surface area contributed by atoms with Crippen molar-refractivity contribution in [2.45, 2.75) is 11.4 Å². The third kappa shape index (κ3) is 4.16. The van der Waals surface area contributed by atoms with Crippen LogP contribution < -0.4 is 4.31 Å². The summed E-state index contributed by atoms with van der Waals surface area (Å²) in [5.74, 6) is 0. The second kappa shape index (κ2) is 8.83. The fourth-order valence-electron chi connectivity index (χ4n) is 3.22. The van der Waals surface area contributed by atoms with E-state index in [2.05, 4.69) is 5.10 Å². The van der Waals surface area contributed by atoms with Crippen LogP contribution in [0.1, 0.15) is 5.56 Å². The van der Waals surface area contributed by atoms with E-state index in [1.54, 1.807) is 35.1 Å². The molecule has 30 heavy (non-hydrogen) atoms. The summed E-state index contributed by atoms with van der Waals surface area (Å²) in [6.45, 7) is 0.126. The largest absolute Gasteiger partial charge is 0.394 e. The van der Waals surface area contributed by atoms with Crippen molar-refractivity contribution in [3.05, 3.63) is 89.9 Å². The van der Waals surface area contributed by atoms with Gasteiger partial charge < -0.3 is 5.11 Å². The molecule has 2 aromatic heterocycles. The Hall–Kier alpha value is -2.94. The Bertz CT molecular complexity index is 1190. The molecule has 0 unspecified atom stereocenters. The molecule has 4 rings (SSSR count). The molecule has 154 valence electrons. The average molecular weight is 440 g/mol. The summed E-state index contributed by atoms with van der Waals surface area (Å²) in [6.07, 6.45) is 1.57. The Kier molecular flexibility index (Phi) is 5.98. The van der Waals surface area contributed by atoms with E-state index >= 15 is 0 Å². The number of benzene rings is 2. The van der Waals surface area contributed by atoms with Gasteiger partial charge >= 0.3 is 0 Å². The van der Waals surface area contributed by atoms with E-state index < -0.39 is 10.0 Å². The van der Waals surface area contributed by atoms with Gasteiger partial charge in [0.15, 0.2) is 0 Å². The molecule has 0 spiro atoms. The van der Waals surface area contributed by atoms with E-state index in [1.165, 1.54) is 15.6 Å². The maximum absolute atomic E-state index is 13.7. The standard InChI is InChI=1S/C22H21N3O3S2/c26-14-13-25(19-10-5-2-6-11-19)30(27,28)21-17-24(16-18-8-3-1-4-9-18)23-22(21)20-12-7-15-29-20/h1-12,15,17,26H,13-14,16H2. The topological polar surface area (TPSA) is 75.4 Å². The van der Waals surface area contributed by atoms with Crippen molar-refractivity contribution >= 4 is 27.0 Å². The molecule has 0 aliphatic heterocycles. The van der Waals surface area contributed by atoms with Crippen molar-refractivity contribution in [2.75, 3.05) is 17.5 Å². The van der Waals surface area contributed by atoms with Crippen molar-refractivity contribution in [3.8, 4) is 10.6 Å². The van der Waals surface area contributed by atoms with Crippen molar-refractivity contribution in [3.63, 3.8) is 0 Å². The van der Waals surface area contributed by atoms with Crippen molar-refractivity contribution in [1.82, 2.24) is 9.78 Å². The molecule has 0 radical (unpaired) electrons. The van der Waals surface area contributed by atoms with Gasteiger partial charge in [0.05, 0.1) is 30.3 Å². The summed E-state index contributed by atoms with van der Waals surface area (Å²) in [5, 5.41) is 16.0. The van der Waals surface area contributed by atoms with E-state index in [9.17, 15) is 13.5 Å². The molecule has 2 aromatic carbocycles. The third-order valence-corrected chi connectivity index (χ3v) is 7.29. The number of sulfonamides is 1. The summed E-state index contributed by atoms with van der Waals surface area (Å²) in [5.41, 5.74) is 1.94. The third-order valence-electron chi connectivity index (χ3n) is 4.59. The van der Waals surface area contributed by atoms with Gasteiger partial charge in [0.25, 0.3) is 10.0 Å². The Labute approximate surface area is 179 Å². The number of hydrogen-bond acceptors (Lipinski definition) is 5. The molecule has 8 heteroatoms. The first-order valence-corrected chi connectivity index (χ1v) is 11.8. The minimum Gasteiger partial charge on any atom is -0.394 e. The Balaban J connectivity index is 1.81. The molecular weight excluding hydrogens is 418 g/mol. The molecule has 0 bridgehead atoms. The predicted molar refractivity (Wildman–Crippen MR) is 119 cm³/mol. The Morgan fingerprint density at radius 2 is 1.67 bits per heavy atom. The molecule has 2 heterocycles. The molecule has 0 amide bonds. The fourth-order valence-corrected chi connectivity index (χ4v) is 5.62. The van der Waals surface area contributed by atoms with Gasteiger partial charge in [-0.1, -0.05) is 54.6 Å². The summed E-state index contributed by atoms with van der Waals surface area (Å²) in [6, 6.07) is 22.3. The van der Waals surface area contributed by atoms with E-state index in [4.69, 9.17) is 0 Å². The lowest BCUT2D eigenvalue weighted by atomic mass is 10.2. The zero-order chi connectivity index (χ0) is 21.0.